The van der Waals surface area contributed by atoms with Crippen LogP contribution in [0.5, 0.6) is 0 Å². The van der Waals surface area contributed by atoms with Crippen LogP contribution in [0.1, 0.15) is 22.3 Å². The minimum atomic E-state index is -0.456. The van der Waals surface area contributed by atoms with E-state index in [1.165, 1.54) is 99.3 Å². The molecule has 0 saturated carbocycles. The molecule has 0 aliphatic heterocycles. The first-order valence-electron chi connectivity index (χ1n) is 23.3. The number of benzene rings is 11. The topological polar surface area (TPSA) is 8.17 Å². The second kappa shape index (κ2) is 14.7. The summed E-state index contributed by atoms with van der Waals surface area (Å²) in [6, 6.07) is 94.3. The second-order valence-electron chi connectivity index (χ2n) is 18.0. The molecule has 2 aliphatic carbocycles. The van der Waals surface area contributed by atoms with Crippen LogP contribution in [0.4, 0.5) is 17.1 Å². The van der Waals surface area contributed by atoms with Gasteiger partial charge in [-0.25, -0.2) is 0 Å². The standard InChI is InChI=1S/C65H42N2/c1-2-19-46(20-3-1)67-63-32-15-10-26-56(63)57-41-45(35-40-64(57)67)43-33-36-47(37-34-43)66(62-31-14-9-25-55(62)50-27-16-18-44-17-4-5-21-49(44)50)48-38-39-54-53-24-8-13-30-60(53)65(61(54)42-48)58-28-11-6-22-51(58)52-23-7-12-29-59(52)65/h1-42H. The zero-order valence-corrected chi connectivity index (χ0v) is 36.6. The van der Waals surface area contributed by atoms with Crippen molar-refractivity contribution in [2.75, 3.05) is 4.90 Å². The molecule has 67 heavy (non-hydrogen) atoms. The largest absolute Gasteiger partial charge is 0.310 e. The quantitative estimate of drug-likeness (QED) is 0.162. The van der Waals surface area contributed by atoms with Gasteiger partial charge in [-0.2, -0.15) is 0 Å². The fraction of sp³-hybridized carbons (Fsp3) is 0.0154. The first kappa shape index (κ1) is 37.6. The Balaban J connectivity index is 0.972. The first-order valence-corrected chi connectivity index (χ1v) is 23.3. The normalized spacial score (nSPS) is 12.9. The molecular weight excluding hydrogens is 809 g/mol. The minimum Gasteiger partial charge on any atom is -0.310 e. The zero-order valence-electron chi connectivity index (χ0n) is 36.6. The van der Waals surface area contributed by atoms with Gasteiger partial charge in [-0.1, -0.05) is 194 Å². The summed E-state index contributed by atoms with van der Waals surface area (Å²) in [7, 11) is 0. The Morgan fingerprint density at radius 2 is 0.821 bits per heavy atom. The molecular formula is C65H42N2. The van der Waals surface area contributed by atoms with Crippen LogP contribution >= 0.6 is 0 Å². The number of aromatic nitrogens is 1. The summed E-state index contributed by atoms with van der Waals surface area (Å²) >= 11 is 0. The third kappa shape index (κ3) is 5.45. The lowest BCUT2D eigenvalue weighted by Gasteiger charge is -2.33. The summed E-state index contributed by atoms with van der Waals surface area (Å²) < 4.78 is 2.38. The van der Waals surface area contributed by atoms with Gasteiger partial charge in [-0.15, -0.1) is 0 Å². The van der Waals surface area contributed by atoms with Crippen molar-refractivity contribution < 1.29 is 0 Å². The maximum atomic E-state index is 2.50. The minimum absolute atomic E-state index is 0.456. The van der Waals surface area contributed by atoms with Gasteiger partial charge in [0.05, 0.1) is 22.1 Å². The van der Waals surface area contributed by atoms with Crippen molar-refractivity contribution in [3.8, 4) is 50.2 Å². The fourth-order valence-corrected chi connectivity index (χ4v) is 11.8. The summed E-state index contributed by atoms with van der Waals surface area (Å²) in [6.45, 7) is 0. The van der Waals surface area contributed by atoms with Gasteiger partial charge in [0.1, 0.15) is 0 Å². The maximum Gasteiger partial charge on any atom is 0.0726 e. The van der Waals surface area contributed by atoms with E-state index < -0.39 is 5.41 Å². The molecule has 0 amide bonds. The average molecular weight is 851 g/mol. The Morgan fingerprint density at radius 1 is 0.299 bits per heavy atom. The molecule has 0 atom stereocenters. The number of hydrogen-bond acceptors (Lipinski definition) is 1. The van der Waals surface area contributed by atoms with E-state index in [-0.39, 0.29) is 0 Å². The van der Waals surface area contributed by atoms with Crippen molar-refractivity contribution >= 4 is 49.6 Å². The molecule has 1 aromatic heterocycles. The van der Waals surface area contributed by atoms with Crippen molar-refractivity contribution in [1.29, 1.82) is 0 Å². The Hall–Kier alpha value is -8.72. The lowest BCUT2D eigenvalue weighted by molar-refractivity contribution is 0.793. The van der Waals surface area contributed by atoms with Crippen molar-refractivity contribution in [3.63, 3.8) is 0 Å². The number of rotatable bonds is 6. The predicted octanol–water partition coefficient (Wildman–Crippen LogP) is 17.1. The van der Waals surface area contributed by atoms with Gasteiger partial charge in [0.15, 0.2) is 0 Å². The van der Waals surface area contributed by atoms with Crippen molar-refractivity contribution in [2.24, 2.45) is 0 Å². The number of anilines is 3. The number of fused-ring (bicyclic) bond motifs is 14. The van der Waals surface area contributed by atoms with Crippen LogP contribution in [0.15, 0.2) is 255 Å². The van der Waals surface area contributed by atoms with Gasteiger partial charge in [0, 0.05) is 33.4 Å². The Labute approximate surface area is 389 Å². The Kier molecular flexibility index (Phi) is 8.23. The Bertz CT molecular complexity index is 3860. The zero-order chi connectivity index (χ0) is 44.1. The number of hydrogen-bond donors (Lipinski definition) is 0. The monoisotopic (exact) mass is 850 g/mol. The van der Waals surface area contributed by atoms with Crippen LogP contribution in [0.3, 0.4) is 0 Å². The van der Waals surface area contributed by atoms with Crippen molar-refractivity contribution in [3.05, 3.63) is 277 Å². The van der Waals surface area contributed by atoms with Gasteiger partial charge in [-0.3, -0.25) is 0 Å². The summed E-state index contributed by atoms with van der Waals surface area (Å²) in [5.74, 6) is 0. The Morgan fingerprint density at radius 3 is 1.55 bits per heavy atom. The molecule has 1 spiro atoms. The summed E-state index contributed by atoms with van der Waals surface area (Å²) in [4.78, 5) is 2.49. The molecule has 2 nitrogen and oxygen atoms in total. The van der Waals surface area contributed by atoms with E-state index in [0.717, 1.165) is 22.7 Å². The molecule has 0 bridgehead atoms. The van der Waals surface area contributed by atoms with Gasteiger partial charge in [0.25, 0.3) is 0 Å². The van der Waals surface area contributed by atoms with E-state index in [9.17, 15) is 0 Å². The third-order valence-corrected chi connectivity index (χ3v) is 14.6. The highest BCUT2D eigenvalue weighted by Gasteiger charge is 2.51. The molecule has 11 aromatic carbocycles. The number of para-hydroxylation sites is 3. The van der Waals surface area contributed by atoms with Crippen LogP contribution in [-0.2, 0) is 5.41 Å². The molecule has 0 unspecified atom stereocenters. The van der Waals surface area contributed by atoms with Crippen LogP contribution < -0.4 is 4.90 Å². The van der Waals surface area contributed by atoms with Crippen LogP contribution in [0.25, 0.3) is 82.8 Å². The third-order valence-electron chi connectivity index (χ3n) is 14.6. The van der Waals surface area contributed by atoms with Gasteiger partial charge in [-0.05, 0) is 133 Å². The fourth-order valence-electron chi connectivity index (χ4n) is 11.8. The first-order chi connectivity index (χ1) is 33.3. The molecule has 2 aliphatic rings. The lowest BCUT2D eigenvalue weighted by atomic mass is 9.70. The lowest BCUT2D eigenvalue weighted by Crippen LogP contribution is -2.26. The highest BCUT2D eigenvalue weighted by molar-refractivity contribution is 6.10. The summed E-state index contributed by atoms with van der Waals surface area (Å²) in [5, 5.41) is 4.96. The molecule has 0 fully saturated rings. The molecule has 0 N–H and O–H groups in total. The van der Waals surface area contributed by atoms with Crippen LogP contribution in [0, 0.1) is 0 Å². The molecule has 12 aromatic rings. The van der Waals surface area contributed by atoms with E-state index in [4.69, 9.17) is 0 Å². The highest BCUT2D eigenvalue weighted by Crippen LogP contribution is 2.63. The maximum absolute atomic E-state index is 2.50. The molecule has 14 rings (SSSR count). The van der Waals surface area contributed by atoms with Crippen LogP contribution in [-0.4, -0.2) is 4.57 Å². The molecule has 0 radical (unpaired) electrons. The molecule has 312 valence electrons. The van der Waals surface area contributed by atoms with E-state index in [2.05, 4.69) is 264 Å². The van der Waals surface area contributed by atoms with Crippen molar-refractivity contribution in [2.45, 2.75) is 5.41 Å². The van der Waals surface area contributed by atoms with Gasteiger partial charge < -0.3 is 9.47 Å². The summed E-state index contributed by atoms with van der Waals surface area (Å²) in [5.41, 5.74) is 21.7. The predicted molar refractivity (Wildman–Crippen MR) is 280 cm³/mol. The second-order valence-corrected chi connectivity index (χ2v) is 18.0. The molecule has 0 saturated heterocycles. The highest BCUT2D eigenvalue weighted by atomic mass is 15.1. The average Bonchev–Trinajstić information content (AvgIpc) is 4.01. The molecule has 2 heteroatoms. The van der Waals surface area contributed by atoms with Crippen LogP contribution in [0.2, 0.25) is 0 Å². The van der Waals surface area contributed by atoms with Crippen molar-refractivity contribution in [1.82, 2.24) is 4.57 Å². The van der Waals surface area contributed by atoms with E-state index in [1.54, 1.807) is 0 Å². The summed E-state index contributed by atoms with van der Waals surface area (Å²) in [6.07, 6.45) is 0. The smallest absolute Gasteiger partial charge is 0.0726 e. The van der Waals surface area contributed by atoms with Gasteiger partial charge >= 0.3 is 0 Å². The van der Waals surface area contributed by atoms with E-state index in [0.29, 0.717) is 0 Å². The SMILES string of the molecule is c1ccc(-n2c3ccccc3c3cc(-c4ccc(N(c5ccc6c(c5)C5(c7ccccc7-c7ccccc75)c5ccccc5-6)c5ccccc5-c5cccc6ccccc56)cc4)ccc32)cc1. The van der Waals surface area contributed by atoms with Gasteiger partial charge in [0.2, 0.25) is 0 Å². The van der Waals surface area contributed by atoms with E-state index >= 15 is 0 Å². The van der Waals surface area contributed by atoms with E-state index in [1.807, 2.05) is 0 Å². The molecule has 1 heterocycles. The number of nitrogens with zero attached hydrogens (tertiary/aromatic N) is 2.